The highest BCUT2D eigenvalue weighted by atomic mass is 19.1. The Bertz CT molecular complexity index is 1160. The summed E-state index contributed by atoms with van der Waals surface area (Å²) in [6.07, 6.45) is 0.625. The molecule has 154 valence electrons. The second-order valence-corrected chi connectivity index (χ2v) is 7.03. The molecule has 1 amide bonds. The normalized spacial score (nSPS) is 16.6. The van der Waals surface area contributed by atoms with Gasteiger partial charge in [0.25, 0.3) is 5.91 Å². The molecule has 0 radical (unpaired) electrons. The fraction of sp³-hybridized carbons (Fsp3) is 0.217. The molecular weight excluding hydrogens is 389 g/mol. The Morgan fingerprint density at radius 3 is 2.63 bits per heavy atom. The maximum absolute atomic E-state index is 13.4. The number of para-hydroxylation sites is 1. The minimum Gasteiger partial charge on any atom is -0.503 e. The Balaban J connectivity index is 1.82. The molecule has 6 nitrogen and oxygen atoms in total. The summed E-state index contributed by atoms with van der Waals surface area (Å²) >= 11 is 0. The van der Waals surface area contributed by atoms with Gasteiger partial charge >= 0.3 is 0 Å². The molecule has 0 fully saturated rings. The third kappa shape index (κ3) is 3.12. The van der Waals surface area contributed by atoms with Gasteiger partial charge in [0.05, 0.1) is 18.7 Å². The standard InChI is InChI=1S/C23H20FNO5/c1-3-11-25-19(13-7-9-15(24)10-8-13)18(21(27)23(25)28)20(26)17-12-14-5-4-6-16(29-2)22(14)30-17/h4-10,12,19,27H,3,11H2,1-2H3. The van der Waals surface area contributed by atoms with Crippen LogP contribution in [0, 0.1) is 5.82 Å². The number of hydrogen-bond acceptors (Lipinski definition) is 5. The highest BCUT2D eigenvalue weighted by Gasteiger charge is 2.44. The predicted molar refractivity (Wildman–Crippen MR) is 108 cm³/mol. The van der Waals surface area contributed by atoms with Crippen molar-refractivity contribution in [3.63, 3.8) is 0 Å². The second-order valence-electron chi connectivity index (χ2n) is 7.03. The summed E-state index contributed by atoms with van der Waals surface area (Å²) in [6, 6.07) is 11.5. The van der Waals surface area contributed by atoms with Crippen LogP contribution in [0.2, 0.25) is 0 Å². The number of benzene rings is 2. The van der Waals surface area contributed by atoms with Crippen LogP contribution in [0.15, 0.2) is 64.3 Å². The zero-order valence-electron chi connectivity index (χ0n) is 16.5. The van der Waals surface area contributed by atoms with Gasteiger partial charge in [0.1, 0.15) is 5.82 Å². The first-order valence-electron chi connectivity index (χ1n) is 9.57. The number of carbonyl (C=O) groups excluding carboxylic acids is 2. The van der Waals surface area contributed by atoms with E-state index in [4.69, 9.17) is 9.15 Å². The molecule has 1 atom stereocenters. The number of nitrogens with zero attached hydrogens (tertiary/aromatic N) is 1. The predicted octanol–water partition coefficient (Wildman–Crippen LogP) is 4.57. The van der Waals surface area contributed by atoms with Crippen LogP contribution >= 0.6 is 0 Å². The molecule has 1 aromatic heterocycles. The van der Waals surface area contributed by atoms with Crippen molar-refractivity contribution in [2.75, 3.05) is 13.7 Å². The molecule has 0 spiro atoms. The van der Waals surface area contributed by atoms with Crippen molar-refractivity contribution >= 4 is 22.7 Å². The second kappa shape index (κ2) is 7.67. The number of Topliss-reactive ketones (excluding diaryl/α,β-unsaturated/α-hetero) is 1. The minimum absolute atomic E-state index is 0.0192. The number of halogens is 1. The SMILES string of the molecule is CCCN1C(=O)C(O)=C(C(=O)c2cc3cccc(OC)c3o2)C1c1ccc(F)cc1. The van der Waals surface area contributed by atoms with Crippen molar-refractivity contribution in [2.24, 2.45) is 0 Å². The van der Waals surface area contributed by atoms with Gasteiger partial charge in [0.15, 0.2) is 22.9 Å². The monoisotopic (exact) mass is 409 g/mol. The van der Waals surface area contributed by atoms with Gasteiger partial charge < -0.3 is 19.2 Å². The molecule has 1 N–H and O–H groups in total. The number of ketones is 1. The molecule has 0 saturated carbocycles. The van der Waals surface area contributed by atoms with Crippen LogP contribution in [-0.2, 0) is 4.79 Å². The number of methoxy groups -OCH3 is 1. The number of ether oxygens (including phenoxy) is 1. The summed E-state index contributed by atoms with van der Waals surface area (Å²) in [7, 11) is 1.50. The first-order chi connectivity index (χ1) is 14.5. The number of amides is 1. The highest BCUT2D eigenvalue weighted by Crippen LogP contribution is 2.40. The zero-order chi connectivity index (χ0) is 21.4. The van der Waals surface area contributed by atoms with Crippen molar-refractivity contribution in [3.8, 4) is 5.75 Å². The molecule has 7 heteroatoms. The van der Waals surface area contributed by atoms with Crippen molar-refractivity contribution in [2.45, 2.75) is 19.4 Å². The van der Waals surface area contributed by atoms with E-state index in [0.29, 0.717) is 35.2 Å². The van der Waals surface area contributed by atoms with E-state index in [2.05, 4.69) is 0 Å². The summed E-state index contributed by atoms with van der Waals surface area (Å²) in [4.78, 5) is 27.5. The first-order valence-corrected chi connectivity index (χ1v) is 9.57. The van der Waals surface area contributed by atoms with Gasteiger partial charge in [-0.1, -0.05) is 31.2 Å². The number of carbonyl (C=O) groups is 2. The molecule has 1 aliphatic rings. The molecule has 2 heterocycles. The fourth-order valence-electron chi connectivity index (χ4n) is 3.79. The van der Waals surface area contributed by atoms with Gasteiger partial charge in [0.2, 0.25) is 5.78 Å². The number of aliphatic hydroxyl groups is 1. The van der Waals surface area contributed by atoms with Crippen LogP contribution in [0.1, 0.15) is 35.5 Å². The summed E-state index contributed by atoms with van der Waals surface area (Å²) in [6.45, 7) is 2.22. The summed E-state index contributed by atoms with van der Waals surface area (Å²) < 4.78 is 24.5. The number of rotatable bonds is 6. The zero-order valence-corrected chi connectivity index (χ0v) is 16.5. The Morgan fingerprint density at radius 2 is 1.97 bits per heavy atom. The Labute approximate surface area is 172 Å². The van der Waals surface area contributed by atoms with Crippen LogP contribution < -0.4 is 4.74 Å². The lowest BCUT2D eigenvalue weighted by molar-refractivity contribution is -0.129. The lowest BCUT2D eigenvalue weighted by Gasteiger charge is -2.26. The van der Waals surface area contributed by atoms with Crippen LogP contribution in [0.25, 0.3) is 11.0 Å². The topological polar surface area (TPSA) is 80.0 Å². The lowest BCUT2D eigenvalue weighted by atomic mass is 9.95. The Hall–Kier alpha value is -3.61. The number of furan rings is 1. The molecule has 1 unspecified atom stereocenters. The Kier molecular flexibility index (Phi) is 5.03. The van der Waals surface area contributed by atoms with Gasteiger partial charge in [-0.25, -0.2) is 4.39 Å². The average Bonchev–Trinajstić information content (AvgIpc) is 3.29. The lowest BCUT2D eigenvalue weighted by Crippen LogP contribution is -2.31. The van der Waals surface area contributed by atoms with Crippen molar-refractivity contribution in [1.82, 2.24) is 4.90 Å². The number of fused-ring (bicyclic) bond motifs is 1. The van der Waals surface area contributed by atoms with Gasteiger partial charge in [-0.15, -0.1) is 0 Å². The van der Waals surface area contributed by atoms with Crippen molar-refractivity contribution in [1.29, 1.82) is 0 Å². The van der Waals surface area contributed by atoms with Gasteiger partial charge in [-0.3, -0.25) is 9.59 Å². The van der Waals surface area contributed by atoms with E-state index in [9.17, 15) is 19.1 Å². The van der Waals surface area contributed by atoms with E-state index in [1.807, 2.05) is 6.92 Å². The largest absolute Gasteiger partial charge is 0.503 e. The molecular formula is C23H20FNO5. The molecule has 1 aliphatic heterocycles. The molecule has 4 rings (SSSR count). The van der Waals surface area contributed by atoms with Gasteiger partial charge in [0, 0.05) is 11.9 Å². The number of aliphatic hydroxyl groups excluding tert-OH is 1. The molecule has 3 aromatic rings. The summed E-state index contributed by atoms with van der Waals surface area (Å²) in [5.74, 6) is -1.84. The fourth-order valence-corrected chi connectivity index (χ4v) is 3.79. The summed E-state index contributed by atoms with van der Waals surface area (Å²) in [5, 5.41) is 11.2. The van der Waals surface area contributed by atoms with E-state index < -0.39 is 29.3 Å². The van der Waals surface area contributed by atoms with Crippen molar-refractivity contribution in [3.05, 3.63) is 77.0 Å². The maximum Gasteiger partial charge on any atom is 0.290 e. The van der Waals surface area contributed by atoms with Gasteiger partial charge in [-0.2, -0.15) is 0 Å². The average molecular weight is 409 g/mol. The van der Waals surface area contributed by atoms with Crippen LogP contribution in [0.5, 0.6) is 5.75 Å². The first kappa shape index (κ1) is 19.7. The third-order valence-corrected chi connectivity index (χ3v) is 5.15. The van der Waals surface area contributed by atoms with Crippen LogP contribution in [0.3, 0.4) is 0 Å². The van der Waals surface area contributed by atoms with E-state index in [1.54, 1.807) is 24.3 Å². The molecule has 2 aromatic carbocycles. The molecule has 0 bridgehead atoms. The van der Waals surface area contributed by atoms with E-state index in [-0.39, 0.29) is 11.3 Å². The van der Waals surface area contributed by atoms with E-state index >= 15 is 0 Å². The molecule has 0 saturated heterocycles. The highest BCUT2D eigenvalue weighted by molar-refractivity contribution is 6.16. The number of hydrogen-bond donors (Lipinski definition) is 1. The van der Waals surface area contributed by atoms with Gasteiger partial charge in [-0.05, 0) is 36.2 Å². The maximum atomic E-state index is 13.4. The molecule has 30 heavy (non-hydrogen) atoms. The van der Waals surface area contributed by atoms with E-state index in [1.165, 1.54) is 36.3 Å². The van der Waals surface area contributed by atoms with Crippen molar-refractivity contribution < 1.29 is 28.2 Å². The van der Waals surface area contributed by atoms with Crippen LogP contribution in [0.4, 0.5) is 4.39 Å². The smallest absolute Gasteiger partial charge is 0.290 e. The molecule has 0 aliphatic carbocycles. The van der Waals surface area contributed by atoms with Crippen LogP contribution in [-0.4, -0.2) is 35.4 Å². The van der Waals surface area contributed by atoms with E-state index in [0.717, 1.165) is 0 Å². The quantitative estimate of drug-likeness (QED) is 0.604. The third-order valence-electron chi connectivity index (χ3n) is 5.15. The minimum atomic E-state index is -0.833. The summed E-state index contributed by atoms with van der Waals surface area (Å²) in [5.41, 5.74) is 0.842. The Morgan fingerprint density at radius 1 is 1.23 bits per heavy atom.